The summed E-state index contributed by atoms with van der Waals surface area (Å²) >= 11 is 57.3. The van der Waals surface area contributed by atoms with E-state index in [0.717, 1.165) is 56.5 Å². The van der Waals surface area contributed by atoms with Crippen molar-refractivity contribution in [2.45, 2.75) is 129 Å². The number of aromatic amines is 4. The first-order valence-electron chi connectivity index (χ1n) is 28.1. The lowest BCUT2D eigenvalue weighted by Crippen LogP contribution is -2.17. The summed E-state index contributed by atoms with van der Waals surface area (Å²) in [4.78, 5) is 58.3. The third-order valence-electron chi connectivity index (χ3n) is 13.8. The number of H-pyrrole nitrogens is 4. The molecule has 0 bridgehead atoms. The van der Waals surface area contributed by atoms with Crippen LogP contribution in [0.4, 0.5) is 0 Å². The number of aliphatic hydroxyl groups is 1. The maximum atomic E-state index is 11.8. The van der Waals surface area contributed by atoms with E-state index < -0.39 is 0 Å². The molecule has 0 unspecified atom stereocenters. The Labute approximate surface area is 573 Å². The third-order valence-corrected chi connectivity index (χ3v) is 17.5. The molecule has 0 spiro atoms. The number of carbonyl (C=O) groups excluding carboxylic acids is 1. The van der Waals surface area contributed by atoms with E-state index in [-0.39, 0.29) is 64.9 Å². The van der Waals surface area contributed by atoms with E-state index >= 15 is 0 Å². The van der Waals surface area contributed by atoms with E-state index in [9.17, 15) is 24.0 Å². The molecular weight excluding hydrogens is 1440 g/mol. The maximum absolute atomic E-state index is 11.8. The number of carbonyl (C=O) groups is 1. The number of methoxy groups -OCH3 is 1. The van der Waals surface area contributed by atoms with E-state index in [1.807, 2.05) is 91.8 Å². The monoisotopic (exact) mass is 1500 g/mol. The normalized spacial score (nSPS) is 11.1. The highest BCUT2D eigenvalue weighted by Gasteiger charge is 2.18. The molecule has 0 aliphatic carbocycles. The topological polar surface area (TPSA) is 230 Å². The van der Waals surface area contributed by atoms with Crippen molar-refractivity contribution in [3.63, 3.8) is 0 Å². The van der Waals surface area contributed by atoms with Crippen molar-refractivity contribution in [1.29, 1.82) is 0 Å². The van der Waals surface area contributed by atoms with E-state index in [0.29, 0.717) is 122 Å². The fourth-order valence-electron chi connectivity index (χ4n) is 8.90. The van der Waals surface area contributed by atoms with Crippen LogP contribution in [0.1, 0.15) is 169 Å². The van der Waals surface area contributed by atoms with E-state index in [4.69, 9.17) is 97.9 Å². The van der Waals surface area contributed by atoms with Gasteiger partial charge in [-0.3, -0.25) is 24.0 Å². The van der Waals surface area contributed by atoms with Crippen molar-refractivity contribution in [3.8, 4) is 0 Å². The van der Waals surface area contributed by atoms with Gasteiger partial charge in [-0.1, -0.05) is 180 Å². The Hall–Kier alpha value is -4.89. The molecule has 0 aliphatic rings. The Bertz CT molecular complexity index is 3790. The summed E-state index contributed by atoms with van der Waals surface area (Å²) in [6, 6.07) is 21.8. The van der Waals surface area contributed by atoms with Crippen LogP contribution in [0.25, 0.3) is 0 Å². The number of nitrogens with zero attached hydrogens (tertiary/aromatic N) is 4. The summed E-state index contributed by atoms with van der Waals surface area (Å²) in [5.41, 5.74) is 11.8. The number of rotatable bonds is 19. The highest BCUT2D eigenvalue weighted by molar-refractivity contribution is 9.09. The molecule has 15 nitrogen and oxygen atoms in total. The van der Waals surface area contributed by atoms with Crippen molar-refractivity contribution in [2.24, 2.45) is 0 Å². The number of esters is 1. The second-order valence-corrected chi connectivity index (χ2v) is 26.5. The van der Waals surface area contributed by atoms with Crippen molar-refractivity contribution in [3.05, 3.63) is 244 Å². The first-order chi connectivity index (χ1) is 42.1. The van der Waals surface area contributed by atoms with Gasteiger partial charge in [0.15, 0.2) is 0 Å². The third kappa shape index (κ3) is 22.2. The Morgan fingerprint density at radius 2 is 0.674 bits per heavy atom. The molecule has 0 aliphatic heterocycles. The minimum Gasteiger partial charge on any atom is -0.469 e. The summed E-state index contributed by atoms with van der Waals surface area (Å²) in [5.74, 6) is 0.112. The van der Waals surface area contributed by atoms with Crippen LogP contribution in [0.3, 0.4) is 0 Å². The molecular formula is C64H68Br2Cl8N8O7. The second-order valence-electron chi connectivity index (χ2n) is 21.9. The molecule has 0 amide bonds. The summed E-state index contributed by atoms with van der Waals surface area (Å²) in [5, 5.41) is 41.4. The lowest BCUT2D eigenvalue weighted by atomic mass is 10.0. The quantitative estimate of drug-likeness (QED) is 0.0378. The lowest BCUT2D eigenvalue weighted by molar-refractivity contribution is -0.139. The SMILES string of the molecule is CC(C)c1cc(Cc2c(Cl)cc(CBr)cc2Cl)n[nH]c1=O.CC(C)c1cc(Cc2c(Cl)cc(CCBr)cc2Cl)n[nH]c1=O.CC(C)c1cc(Cc2c(Cl)cc(CCO)cc2Cl)n[nH]c1=O.COC(=O)Cc1cc(Cl)c(Cc2cc(C(C)C)c(=O)[nH]n2)c(Cl)c1. The fourth-order valence-corrected chi connectivity index (χ4v) is 12.3. The Balaban J connectivity index is 0.000000216. The molecule has 8 aromatic rings. The zero-order valence-electron chi connectivity index (χ0n) is 50.3. The summed E-state index contributed by atoms with van der Waals surface area (Å²) in [7, 11) is 1.33. The van der Waals surface area contributed by atoms with Gasteiger partial charge >= 0.3 is 5.97 Å². The van der Waals surface area contributed by atoms with Crippen molar-refractivity contribution < 1.29 is 14.6 Å². The number of halogens is 10. The van der Waals surface area contributed by atoms with Crippen LogP contribution < -0.4 is 22.2 Å². The van der Waals surface area contributed by atoms with Gasteiger partial charge in [-0.25, -0.2) is 20.4 Å². The number of ether oxygens (including phenoxy) is 1. The highest BCUT2D eigenvalue weighted by atomic mass is 79.9. The number of aliphatic hydroxyl groups excluding tert-OH is 1. The zero-order chi connectivity index (χ0) is 66.0. The van der Waals surface area contributed by atoms with Gasteiger partial charge in [-0.15, -0.1) is 0 Å². The summed E-state index contributed by atoms with van der Waals surface area (Å²) in [6.45, 7) is 15.7. The Kier molecular flexibility index (Phi) is 30.1. The van der Waals surface area contributed by atoms with Gasteiger partial charge in [0.05, 0.1) is 36.3 Å². The van der Waals surface area contributed by atoms with E-state index in [2.05, 4.69) is 77.4 Å². The lowest BCUT2D eigenvalue weighted by Gasteiger charge is -2.11. The minimum absolute atomic E-state index is 0.0469. The predicted octanol–water partition coefficient (Wildman–Crippen LogP) is 16.2. The van der Waals surface area contributed by atoms with Crippen molar-refractivity contribution in [1.82, 2.24) is 40.8 Å². The average molecular weight is 1500 g/mol. The zero-order valence-corrected chi connectivity index (χ0v) is 59.5. The van der Waals surface area contributed by atoms with Crippen molar-refractivity contribution >= 4 is 131 Å². The number of alkyl halides is 2. The molecule has 5 N–H and O–H groups in total. The molecule has 476 valence electrons. The molecule has 0 fully saturated rings. The first kappa shape index (κ1) is 74.8. The van der Waals surface area contributed by atoms with Gasteiger partial charge in [-0.2, -0.15) is 20.4 Å². The first-order valence-corrected chi connectivity index (χ1v) is 33.3. The smallest absolute Gasteiger partial charge is 0.309 e. The Morgan fingerprint density at radius 3 is 0.899 bits per heavy atom. The molecule has 0 saturated carbocycles. The number of hydrogen-bond acceptors (Lipinski definition) is 11. The average Bonchev–Trinajstić information content (AvgIpc) is 1.92. The maximum Gasteiger partial charge on any atom is 0.309 e. The number of aryl methyl sites for hydroxylation is 1. The number of hydrogen-bond donors (Lipinski definition) is 5. The fraction of sp³-hybridized carbons (Fsp3) is 0.359. The number of aromatic nitrogens is 8. The van der Waals surface area contributed by atoms with Gasteiger partial charge in [0.25, 0.3) is 22.2 Å². The highest BCUT2D eigenvalue weighted by Crippen LogP contribution is 2.33. The molecule has 0 atom stereocenters. The van der Waals surface area contributed by atoms with Crippen LogP contribution in [0.2, 0.25) is 40.2 Å². The molecule has 4 aromatic heterocycles. The Morgan fingerprint density at radius 1 is 0.427 bits per heavy atom. The molecule has 25 heteroatoms. The molecule has 0 radical (unpaired) electrons. The molecule has 0 saturated heterocycles. The van der Waals surface area contributed by atoms with Gasteiger partial charge < -0.3 is 9.84 Å². The number of nitrogens with one attached hydrogen (secondary N) is 4. The molecule has 4 heterocycles. The largest absolute Gasteiger partial charge is 0.469 e. The van der Waals surface area contributed by atoms with Gasteiger partial charge in [0, 0.05) is 105 Å². The van der Waals surface area contributed by atoms with Gasteiger partial charge in [0.1, 0.15) is 0 Å². The second kappa shape index (κ2) is 35.8. The van der Waals surface area contributed by atoms with Crippen molar-refractivity contribution in [2.75, 3.05) is 19.0 Å². The van der Waals surface area contributed by atoms with Crippen LogP contribution in [-0.4, -0.2) is 70.9 Å². The molecule has 89 heavy (non-hydrogen) atoms. The van der Waals surface area contributed by atoms with Crippen LogP contribution in [0.5, 0.6) is 0 Å². The predicted molar refractivity (Wildman–Crippen MR) is 369 cm³/mol. The molecule has 8 rings (SSSR count). The van der Waals surface area contributed by atoms with Crippen LogP contribution >= 0.6 is 125 Å². The number of benzene rings is 4. The van der Waals surface area contributed by atoms with Gasteiger partial charge in [0.2, 0.25) is 0 Å². The minimum atomic E-state index is -0.362. The van der Waals surface area contributed by atoms with E-state index in [1.165, 1.54) is 7.11 Å². The summed E-state index contributed by atoms with van der Waals surface area (Å²) in [6.07, 6.45) is 3.27. The van der Waals surface area contributed by atoms with Crippen LogP contribution in [0.15, 0.2) is 92.0 Å². The standard InChI is InChI=1S/C17H18Cl2N2O3.C16H17BrCl2N2O.C16H18Cl2N2O2.C15H15BrCl2N2O/c1-9(2)12-7-11(20-21-17(12)23)8-13-14(18)4-10(5-15(13)19)6-16(22)24-3;1-9(2)12-7-11(20-21-16(12)22)8-13-14(18)5-10(3-4-17)6-15(13)19;1-9(2)12-7-11(19-20-16(12)22)8-13-14(17)5-10(3-4-21)6-15(13)18;1-8(2)11-5-10(19-20-15(11)21)6-12-13(17)3-9(7-16)4-14(12)18/h4-5,7,9H,6,8H2,1-3H3,(H,21,23);5-7,9H,3-4,8H2,1-2H3,(H,21,22);5-7,9,21H,3-4,8H2,1-2H3,(H,20,22);3-5,8H,6-7H2,1-2H3,(H,20,21). The summed E-state index contributed by atoms with van der Waals surface area (Å²) < 4.78 is 4.64. The van der Waals surface area contributed by atoms with Crippen LogP contribution in [-0.2, 0) is 59.8 Å². The van der Waals surface area contributed by atoms with E-state index in [1.54, 1.807) is 36.4 Å². The van der Waals surface area contributed by atoms with Crippen LogP contribution in [0, 0.1) is 0 Å². The molecule has 4 aromatic carbocycles. The van der Waals surface area contributed by atoms with Gasteiger partial charge in [-0.05, 0) is 154 Å².